The van der Waals surface area contributed by atoms with Gasteiger partial charge in [-0.2, -0.15) is 0 Å². The van der Waals surface area contributed by atoms with Crippen molar-refractivity contribution in [1.82, 2.24) is 4.90 Å². The van der Waals surface area contributed by atoms with E-state index in [0.29, 0.717) is 0 Å². The fraction of sp³-hybridized carbons (Fsp3) is 0.778. The van der Waals surface area contributed by atoms with Crippen LogP contribution in [0.15, 0.2) is 0 Å². The maximum Gasteiger partial charge on any atom is 0.242 e. The number of nitrogens with two attached hydrogens (primary N) is 2. The molecule has 0 aliphatic rings. The molecule has 90 valence electrons. The number of carbonyl (C=O) groups is 2. The predicted octanol–water partition coefficient (Wildman–Crippen LogP) is -0.132. The second-order valence-electron chi connectivity index (χ2n) is 4.21. The van der Waals surface area contributed by atoms with Crippen molar-refractivity contribution >= 4 is 24.2 Å². The summed E-state index contributed by atoms with van der Waals surface area (Å²) in [4.78, 5) is 23.8. The summed E-state index contributed by atoms with van der Waals surface area (Å²) < 4.78 is 0. The Morgan fingerprint density at radius 2 is 1.73 bits per heavy atom. The van der Waals surface area contributed by atoms with Gasteiger partial charge in [-0.25, -0.2) is 0 Å². The van der Waals surface area contributed by atoms with Crippen molar-refractivity contribution in [2.75, 3.05) is 6.54 Å². The number of halogens is 1. The topological polar surface area (TPSA) is 89.4 Å². The summed E-state index contributed by atoms with van der Waals surface area (Å²) in [6, 6.07) is -0.0853. The molecule has 0 unspecified atom stereocenters. The Morgan fingerprint density at radius 3 is 1.93 bits per heavy atom. The summed E-state index contributed by atoms with van der Waals surface area (Å²) in [5, 5.41) is 0. The highest BCUT2D eigenvalue weighted by Gasteiger charge is 2.30. The van der Waals surface area contributed by atoms with Crippen LogP contribution in [-0.2, 0) is 9.59 Å². The molecule has 0 spiro atoms. The lowest BCUT2D eigenvalue weighted by atomic mass is 10.0. The van der Waals surface area contributed by atoms with E-state index >= 15 is 0 Å². The average Bonchev–Trinajstić information content (AvgIpc) is 1.96. The lowest BCUT2D eigenvalue weighted by Gasteiger charge is -2.31. The van der Waals surface area contributed by atoms with Crippen LogP contribution in [0.2, 0.25) is 0 Å². The van der Waals surface area contributed by atoms with Crippen LogP contribution in [0.3, 0.4) is 0 Å². The van der Waals surface area contributed by atoms with Gasteiger partial charge in [0.05, 0.1) is 12.1 Å². The number of carbonyl (C=O) groups excluding carboxylic acids is 2. The number of rotatable bonds is 4. The summed E-state index contributed by atoms with van der Waals surface area (Å²) in [6.07, 6.45) is 0. The third-order valence-electron chi connectivity index (χ3n) is 1.76. The number of amides is 2. The van der Waals surface area contributed by atoms with E-state index in [1.54, 1.807) is 13.8 Å². The second kappa shape index (κ2) is 5.92. The van der Waals surface area contributed by atoms with Crippen molar-refractivity contribution in [3.8, 4) is 0 Å². The quantitative estimate of drug-likeness (QED) is 0.714. The van der Waals surface area contributed by atoms with Gasteiger partial charge < -0.3 is 16.4 Å². The zero-order valence-electron chi connectivity index (χ0n) is 9.61. The van der Waals surface area contributed by atoms with Crippen LogP contribution >= 0.6 is 12.4 Å². The Morgan fingerprint density at radius 1 is 1.33 bits per heavy atom. The second-order valence-corrected chi connectivity index (χ2v) is 4.21. The Labute approximate surface area is 96.6 Å². The van der Waals surface area contributed by atoms with Gasteiger partial charge in [-0.05, 0) is 27.7 Å². The molecule has 0 saturated carbocycles. The highest BCUT2D eigenvalue weighted by Crippen LogP contribution is 2.07. The Bertz CT molecular complexity index is 236. The van der Waals surface area contributed by atoms with Gasteiger partial charge in [-0.1, -0.05) is 0 Å². The Hall–Kier alpha value is -0.810. The van der Waals surface area contributed by atoms with E-state index in [9.17, 15) is 9.59 Å². The van der Waals surface area contributed by atoms with Gasteiger partial charge >= 0.3 is 0 Å². The molecule has 0 saturated heterocycles. The van der Waals surface area contributed by atoms with Crippen molar-refractivity contribution < 1.29 is 9.59 Å². The molecular weight excluding hydrogens is 218 g/mol. The van der Waals surface area contributed by atoms with Crippen LogP contribution in [0.4, 0.5) is 0 Å². The first kappa shape index (κ1) is 16.6. The molecule has 6 heteroatoms. The summed E-state index contributed by atoms with van der Waals surface area (Å²) in [6.45, 7) is 6.74. The van der Waals surface area contributed by atoms with Crippen molar-refractivity contribution in [3.05, 3.63) is 0 Å². The van der Waals surface area contributed by atoms with Gasteiger partial charge in [0.15, 0.2) is 0 Å². The maximum atomic E-state index is 11.7. The summed E-state index contributed by atoms with van der Waals surface area (Å²) in [7, 11) is 0. The molecule has 0 aromatic rings. The zero-order valence-corrected chi connectivity index (χ0v) is 10.4. The highest BCUT2D eigenvalue weighted by atomic mass is 35.5. The molecule has 0 radical (unpaired) electrons. The first-order valence-corrected chi connectivity index (χ1v) is 4.54. The fourth-order valence-corrected chi connectivity index (χ4v) is 1.03. The van der Waals surface area contributed by atoms with Crippen LogP contribution < -0.4 is 11.5 Å². The lowest BCUT2D eigenvalue weighted by Crippen LogP contribution is -2.55. The standard InChI is InChI=1S/C9H19N3O2.ClH/c1-6(2)12(5-7(10)13)8(14)9(3,4)11;/h6H,5,11H2,1-4H3,(H2,10,13);1H. The molecule has 4 N–H and O–H groups in total. The molecule has 0 aromatic carbocycles. The molecule has 2 amide bonds. The van der Waals surface area contributed by atoms with E-state index in [2.05, 4.69) is 0 Å². The summed E-state index contributed by atoms with van der Waals surface area (Å²) in [5.74, 6) is -0.803. The minimum atomic E-state index is -0.973. The molecule has 0 aromatic heterocycles. The maximum absolute atomic E-state index is 11.7. The van der Waals surface area contributed by atoms with Crippen LogP contribution in [-0.4, -0.2) is 34.8 Å². The summed E-state index contributed by atoms with van der Waals surface area (Å²) >= 11 is 0. The molecule has 15 heavy (non-hydrogen) atoms. The third kappa shape index (κ3) is 5.59. The molecule has 0 heterocycles. The van der Waals surface area contributed by atoms with E-state index in [4.69, 9.17) is 11.5 Å². The smallest absolute Gasteiger partial charge is 0.242 e. The SMILES string of the molecule is CC(C)N(CC(N)=O)C(=O)C(C)(C)N.Cl. The lowest BCUT2D eigenvalue weighted by molar-refractivity contribution is -0.140. The van der Waals surface area contributed by atoms with Gasteiger partial charge in [-0.3, -0.25) is 9.59 Å². The minimum absolute atomic E-state index is 0. The van der Waals surface area contributed by atoms with E-state index in [0.717, 1.165) is 0 Å². The van der Waals surface area contributed by atoms with Gasteiger partial charge in [0.1, 0.15) is 0 Å². The van der Waals surface area contributed by atoms with Crippen LogP contribution in [0.25, 0.3) is 0 Å². The molecule has 0 bridgehead atoms. The van der Waals surface area contributed by atoms with Crippen LogP contribution in [0, 0.1) is 0 Å². The number of nitrogens with zero attached hydrogens (tertiary/aromatic N) is 1. The molecule has 5 nitrogen and oxygen atoms in total. The first-order chi connectivity index (χ1) is 6.16. The average molecular weight is 238 g/mol. The largest absolute Gasteiger partial charge is 0.368 e. The van der Waals surface area contributed by atoms with Gasteiger partial charge in [-0.15, -0.1) is 12.4 Å². The molecule has 0 aliphatic heterocycles. The Balaban J connectivity index is 0. The van der Waals surface area contributed by atoms with Crippen molar-refractivity contribution in [2.45, 2.75) is 39.3 Å². The van der Waals surface area contributed by atoms with E-state index in [-0.39, 0.29) is 30.9 Å². The highest BCUT2D eigenvalue weighted by molar-refractivity contribution is 5.89. The number of primary amides is 1. The van der Waals surface area contributed by atoms with Gasteiger partial charge in [0.25, 0.3) is 0 Å². The van der Waals surface area contributed by atoms with E-state index in [1.807, 2.05) is 13.8 Å². The molecule has 0 aliphatic carbocycles. The van der Waals surface area contributed by atoms with Gasteiger partial charge in [0.2, 0.25) is 11.8 Å². The molecule has 0 fully saturated rings. The molecular formula is C9H20ClN3O2. The summed E-state index contributed by atoms with van der Waals surface area (Å²) in [5.41, 5.74) is 9.72. The first-order valence-electron chi connectivity index (χ1n) is 4.54. The minimum Gasteiger partial charge on any atom is -0.368 e. The van der Waals surface area contributed by atoms with Crippen LogP contribution in [0.5, 0.6) is 0 Å². The monoisotopic (exact) mass is 237 g/mol. The zero-order chi connectivity index (χ0) is 11.5. The van der Waals surface area contributed by atoms with Crippen LogP contribution in [0.1, 0.15) is 27.7 Å². The van der Waals surface area contributed by atoms with Crippen molar-refractivity contribution in [1.29, 1.82) is 0 Å². The van der Waals surface area contributed by atoms with E-state index in [1.165, 1.54) is 4.90 Å². The normalized spacial score (nSPS) is 10.8. The predicted molar refractivity (Wildman–Crippen MR) is 61.6 cm³/mol. The molecule has 0 rings (SSSR count). The molecule has 0 atom stereocenters. The van der Waals surface area contributed by atoms with Crippen molar-refractivity contribution in [3.63, 3.8) is 0 Å². The Kier molecular flexibility index (Phi) is 6.56. The van der Waals surface area contributed by atoms with Crippen molar-refractivity contribution in [2.24, 2.45) is 11.5 Å². The third-order valence-corrected chi connectivity index (χ3v) is 1.76. The van der Waals surface area contributed by atoms with Gasteiger partial charge in [0, 0.05) is 6.04 Å². The van der Waals surface area contributed by atoms with E-state index < -0.39 is 11.4 Å². The number of hydrogen-bond donors (Lipinski definition) is 2. The fourth-order valence-electron chi connectivity index (χ4n) is 1.03. The number of hydrogen-bond acceptors (Lipinski definition) is 3.